The van der Waals surface area contributed by atoms with Gasteiger partial charge < -0.3 is 20.9 Å². The van der Waals surface area contributed by atoms with Crippen LogP contribution in [0.3, 0.4) is 0 Å². The first kappa shape index (κ1) is 18.4. The van der Waals surface area contributed by atoms with E-state index in [-0.39, 0.29) is 23.8 Å². The normalized spacial score (nSPS) is 18.1. The van der Waals surface area contributed by atoms with Gasteiger partial charge in [-0.05, 0) is 31.7 Å². The van der Waals surface area contributed by atoms with E-state index in [1.54, 1.807) is 0 Å². The molecule has 3 N–H and O–H groups in total. The van der Waals surface area contributed by atoms with Crippen molar-refractivity contribution in [3.63, 3.8) is 0 Å². The highest BCUT2D eigenvalue weighted by Crippen LogP contribution is 2.13. The summed E-state index contributed by atoms with van der Waals surface area (Å²) in [4.78, 5) is 28.5. The fraction of sp³-hybridized carbons (Fsp3) is 0.556. The third-order valence-corrected chi connectivity index (χ3v) is 4.64. The Morgan fingerprint density at radius 1 is 1.12 bits per heavy atom. The Bertz CT molecular complexity index is 563. The smallest absolute Gasteiger partial charge is 0.228 e. The lowest BCUT2D eigenvalue weighted by atomic mass is 10.0. The fourth-order valence-electron chi connectivity index (χ4n) is 2.54. The second-order valence-electron chi connectivity index (χ2n) is 6.69. The van der Waals surface area contributed by atoms with Crippen molar-refractivity contribution in [3.05, 3.63) is 29.8 Å². The van der Waals surface area contributed by atoms with Crippen LogP contribution in [0.4, 0.5) is 5.69 Å². The number of nitrogens with two attached hydrogens (primary N) is 1. The van der Waals surface area contributed by atoms with Crippen molar-refractivity contribution in [3.8, 4) is 0 Å². The van der Waals surface area contributed by atoms with E-state index in [1.807, 2.05) is 43.0 Å². The van der Waals surface area contributed by atoms with Gasteiger partial charge in [-0.15, -0.1) is 0 Å². The van der Waals surface area contributed by atoms with Gasteiger partial charge in [0, 0.05) is 37.9 Å². The van der Waals surface area contributed by atoms with Gasteiger partial charge in [-0.2, -0.15) is 0 Å². The van der Waals surface area contributed by atoms with E-state index in [4.69, 9.17) is 5.73 Å². The van der Waals surface area contributed by atoms with Crippen LogP contribution >= 0.6 is 0 Å². The van der Waals surface area contributed by atoms with Crippen molar-refractivity contribution < 1.29 is 9.59 Å². The largest absolute Gasteiger partial charge is 0.340 e. The van der Waals surface area contributed by atoms with Crippen LogP contribution in [0, 0.1) is 5.92 Å². The Morgan fingerprint density at radius 2 is 1.71 bits per heavy atom. The number of amides is 2. The molecular formula is C18H28N4O2. The Kier molecular flexibility index (Phi) is 6.34. The summed E-state index contributed by atoms with van der Waals surface area (Å²) in [5.41, 5.74) is 7.42. The molecule has 132 valence electrons. The summed E-state index contributed by atoms with van der Waals surface area (Å²) >= 11 is 0. The molecule has 1 aliphatic rings. The lowest BCUT2D eigenvalue weighted by molar-refractivity contribution is -0.132. The van der Waals surface area contributed by atoms with Gasteiger partial charge >= 0.3 is 0 Å². The number of benzene rings is 1. The van der Waals surface area contributed by atoms with Gasteiger partial charge in [0.05, 0.1) is 12.3 Å². The molecule has 0 radical (unpaired) electrons. The summed E-state index contributed by atoms with van der Waals surface area (Å²) < 4.78 is 0. The zero-order valence-electron chi connectivity index (χ0n) is 14.8. The van der Waals surface area contributed by atoms with Crippen LogP contribution in [0.25, 0.3) is 0 Å². The van der Waals surface area contributed by atoms with Crippen LogP contribution < -0.4 is 11.1 Å². The molecule has 1 aromatic carbocycles. The first-order valence-corrected chi connectivity index (χ1v) is 8.48. The van der Waals surface area contributed by atoms with E-state index in [1.165, 1.54) is 0 Å². The lowest BCUT2D eigenvalue weighted by Gasteiger charge is -2.32. The molecule has 2 atom stereocenters. The number of hydrogen-bond donors (Lipinski definition) is 2. The molecule has 1 fully saturated rings. The van der Waals surface area contributed by atoms with Gasteiger partial charge in [0.15, 0.2) is 0 Å². The molecule has 0 aromatic heterocycles. The number of likely N-dealkylation sites (N-methyl/N-ethyl adjacent to an activating group) is 1. The minimum Gasteiger partial charge on any atom is -0.340 e. The second-order valence-corrected chi connectivity index (χ2v) is 6.69. The fourth-order valence-corrected chi connectivity index (χ4v) is 2.54. The average Bonchev–Trinajstić information content (AvgIpc) is 2.56. The first-order valence-electron chi connectivity index (χ1n) is 8.48. The molecule has 1 heterocycles. The van der Waals surface area contributed by atoms with Crippen LogP contribution in [0.15, 0.2) is 24.3 Å². The van der Waals surface area contributed by atoms with E-state index < -0.39 is 0 Å². The molecule has 0 saturated carbocycles. The summed E-state index contributed by atoms with van der Waals surface area (Å²) in [6.45, 7) is 7.06. The van der Waals surface area contributed by atoms with Gasteiger partial charge in [0.25, 0.3) is 0 Å². The highest BCUT2D eigenvalue weighted by molar-refractivity contribution is 5.92. The molecule has 2 rings (SSSR count). The molecule has 0 spiro atoms. The van der Waals surface area contributed by atoms with Gasteiger partial charge in [-0.25, -0.2) is 0 Å². The minimum absolute atomic E-state index is 0.0914. The topological polar surface area (TPSA) is 78.7 Å². The molecule has 1 aromatic rings. The predicted molar refractivity (Wildman–Crippen MR) is 95.7 cm³/mol. The number of nitrogens with zero attached hydrogens (tertiary/aromatic N) is 2. The molecule has 24 heavy (non-hydrogen) atoms. The molecule has 0 bridgehead atoms. The second kappa shape index (κ2) is 8.26. The van der Waals surface area contributed by atoms with Crippen LogP contribution in [0.5, 0.6) is 0 Å². The highest BCUT2D eigenvalue weighted by atomic mass is 16.2. The maximum absolute atomic E-state index is 12.3. The van der Waals surface area contributed by atoms with E-state index in [0.29, 0.717) is 6.42 Å². The number of hydrogen-bond acceptors (Lipinski definition) is 4. The zero-order valence-corrected chi connectivity index (χ0v) is 14.8. The summed E-state index contributed by atoms with van der Waals surface area (Å²) in [6, 6.07) is 7.25. The molecule has 2 amide bonds. The maximum Gasteiger partial charge on any atom is 0.228 e. The summed E-state index contributed by atoms with van der Waals surface area (Å²) in [5.74, 6) is -0.180. The van der Waals surface area contributed by atoms with E-state index >= 15 is 0 Å². The highest BCUT2D eigenvalue weighted by Gasteiger charge is 2.19. The van der Waals surface area contributed by atoms with Crippen LogP contribution in [-0.2, 0) is 16.0 Å². The third-order valence-electron chi connectivity index (χ3n) is 4.64. The number of rotatable bonds is 5. The van der Waals surface area contributed by atoms with Crippen molar-refractivity contribution in [2.24, 2.45) is 11.7 Å². The number of nitrogens with one attached hydrogen (secondary N) is 1. The van der Waals surface area contributed by atoms with E-state index in [2.05, 4.69) is 17.3 Å². The molecule has 1 saturated heterocycles. The quantitative estimate of drug-likeness (QED) is 0.841. The molecular weight excluding hydrogens is 304 g/mol. The van der Waals surface area contributed by atoms with Crippen LogP contribution in [0.1, 0.15) is 19.4 Å². The molecule has 2 unspecified atom stereocenters. The van der Waals surface area contributed by atoms with Gasteiger partial charge in [-0.1, -0.05) is 19.1 Å². The molecule has 6 heteroatoms. The molecule has 6 nitrogen and oxygen atoms in total. The minimum atomic E-state index is -0.247. The van der Waals surface area contributed by atoms with Crippen molar-refractivity contribution in [2.45, 2.75) is 26.3 Å². The van der Waals surface area contributed by atoms with Crippen LogP contribution in [0.2, 0.25) is 0 Å². The van der Waals surface area contributed by atoms with Gasteiger partial charge in [-0.3, -0.25) is 9.59 Å². The lowest BCUT2D eigenvalue weighted by Crippen LogP contribution is -2.47. The molecule has 1 aliphatic heterocycles. The molecule has 0 aliphatic carbocycles. The average molecular weight is 332 g/mol. The number of carbonyl (C=O) groups is 2. The van der Waals surface area contributed by atoms with E-state index in [0.717, 1.165) is 37.4 Å². The summed E-state index contributed by atoms with van der Waals surface area (Å²) in [6.07, 6.45) is 0.397. The van der Waals surface area contributed by atoms with Crippen molar-refractivity contribution in [2.75, 3.05) is 38.5 Å². The Balaban J connectivity index is 1.87. The Hall–Kier alpha value is -1.92. The van der Waals surface area contributed by atoms with Gasteiger partial charge in [0.1, 0.15) is 0 Å². The predicted octanol–water partition coefficient (Wildman–Crippen LogP) is 0.925. The van der Waals surface area contributed by atoms with E-state index in [9.17, 15) is 9.59 Å². The third kappa shape index (κ3) is 5.04. The van der Waals surface area contributed by atoms with Crippen molar-refractivity contribution in [1.29, 1.82) is 0 Å². The number of anilines is 1. The summed E-state index contributed by atoms with van der Waals surface area (Å²) in [5, 5.41) is 2.85. The monoisotopic (exact) mass is 332 g/mol. The maximum atomic E-state index is 12.3. The van der Waals surface area contributed by atoms with Crippen molar-refractivity contribution >= 4 is 17.5 Å². The van der Waals surface area contributed by atoms with Crippen LogP contribution in [-0.4, -0.2) is 60.9 Å². The van der Waals surface area contributed by atoms with Gasteiger partial charge in [0.2, 0.25) is 11.8 Å². The Labute approximate surface area is 144 Å². The standard InChI is InChI=1S/C18H28N4O2/c1-13(14(2)19)18(24)20-16-6-4-15(5-7-16)12-17(23)22-10-8-21(3)9-11-22/h4-7,13-14H,8-12,19H2,1-3H3,(H,20,24). The summed E-state index contributed by atoms with van der Waals surface area (Å²) in [7, 11) is 2.07. The SMILES string of the molecule is CC(N)C(C)C(=O)Nc1ccc(CC(=O)N2CCN(C)CC2)cc1. The number of piperazine rings is 1. The zero-order chi connectivity index (χ0) is 17.7. The number of carbonyl (C=O) groups excluding carboxylic acids is 2. The van der Waals surface area contributed by atoms with Crippen molar-refractivity contribution in [1.82, 2.24) is 9.80 Å². The first-order chi connectivity index (χ1) is 11.4. The Morgan fingerprint density at radius 3 is 2.25 bits per heavy atom.